The van der Waals surface area contributed by atoms with E-state index in [1.54, 1.807) is 61.7 Å². The summed E-state index contributed by atoms with van der Waals surface area (Å²) >= 11 is 0. The van der Waals surface area contributed by atoms with Crippen molar-refractivity contribution in [2.75, 3.05) is 32.2 Å². The third-order valence-corrected chi connectivity index (χ3v) is 7.05. The Morgan fingerprint density at radius 2 is 1.53 bits per heavy atom. The van der Waals surface area contributed by atoms with Gasteiger partial charge in [-0.1, -0.05) is 24.3 Å². The van der Waals surface area contributed by atoms with E-state index in [0.29, 0.717) is 22.9 Å². The van der Waals surface area contributed by atoms with Crippen LogP contribution in [-0.4, -0.2) is 42.2 Å². The molecule has 0 fully saturated rings. The Labute approximate surface area is 200 Å². The molecule has 1 amide bonds. The van der Waals surface area contributed by atoms with Gasteiger partial charge in [-0.2, -0.15) is 0 Å². The van der Waals surface area contributed by atoms with E-state index < -0.39 is 28.5 Å². The number of rotatable bonds is 10. The van der Waals surface area contributed by atoms with E-state index >= 15 is 0 Å². The van der Waals surface area contributed by atoms with Crippen LogP contribution in [0.5, 0.6) is 17.2 Å². The number of carbonyl (C=O) groups is 1. The summed E-state index contributed by atoms with van der Waals surface area (Å²) < 4.78 is 43.7. The van der Waals surface area contributed by atoms with Crippen LogP contribution in [0.25, 0.3) is 0 Å². The maximum atomic E-state index is 13.4. The van der Waals surface area contributed by atoms with Gasteiger partial charge in [0.1, 0.15) is 12.3 Å². The van der Waals surface area contributed by atoms with Gasteiger partial charge in [-0.25, -0.2) is 8.42 Å². The molecule has 8 nitrogen and oxygen atoms in total. The molecule has 1 N–H and O–H groups in total. The number of nitrogens with one attached hydrogen (secondary N) is 1. The van der Waals surface area contributed by atoms with Crippen LogP contribution in [0.2, 0.25) is 0 Å². The predicted molar refractivity (Wildman–Crippen MR) is 130 cm³/mol. The molecule has 0 aliphatic carbocycles. The van der Waals surface area contributed by atoms with Crippen molar-refractivity contribution in [2.24, 2.45) is 0 Å². The number of methoxy groups -OCH3 is 3. The Morgan fingerprint density at radius 3 is 2.12 bits per heavy atom. The zero-order valence-electron chi connectivity index (χ0n) is 19.5. The molecule has 3 rings (SSSR count). The highest BCUT2D eigenvalue weighted by molar-refractivity contribution is 7.92. The number of anilines is 1. The van der Waals surface area contributed by atoms with Crippen LogP contribution in [0, 0.1) is 0 Å². The Kier molecular flexibility index (Phi) is 8.01. The largest absolute Gasteiger partial charge is 0.497 e. The molecule has 0 saturated heterocycles. The van der Waals surface area contributed by atoms with Gasteiger partial charge in [-0.15, -0.1) is 0 Å². The Morgan fingerprint density at radius 1 is 0.882 bits per heavy atom. The van der Waals surface area contributed by atoms with Crippen molar-refractivity contribution in [3.63, 3.8) is 0 Å². The SMILES string of the molecule is COc1ccc(N(CC(=O)N[C@@H](C)c2ccc(OC)c(OC)c2)S(=O)(=O)c2ccccc2)cc1. The zero-order valence-corrected chi connectivity index (χ0v) is 20.3. The molecule has 9 heteroatoms. The van der Waals surface area contributed by atoms with E-state index in [1.165, 1.54) is 26.4 Å². The number of carbonyl (C=O) groups excluding carboxylic acids is 1. The van der Waals surface area contributed by atoms with E-state index in [1.807, 2.05) is 13.0 Å². The normalized spacial score (nSPS) is 11.9. The molecule has 0 unspecified atom stereocenters. The van der Waals surface area contributed by atoms with E-state index in [9.17, 15) is 13.2 Å². The van der Waals surface area contributed by atoms with E-state index in [2.05, 4.69) is 5.32 Å². The van der Waals surface area contributed by atoms with Crippen LogP contribution < -0.4 is 23.8 Å². The molecule has 3 aromatic carbocycles. The second-order valence-corrected chi connectivity index (χ2v) is 9.29. The van der Waals surface area contributed by atoms with Gasteiger partial charge in [0.15, 0.2) is 11.5 Å². The smallest absolute Gasteiger partial charge is 0.264 e. The van der Waals surface area contributed by atoms with Gasteiger partial charge in [-0.05, 0) is 61.0 Å². The van der Waals surface area contributed by atoms with Crippen LogP contribution in [-0.2, 0) is 14.8 Å². The topological polar surface area (TPSA) is 94.2 Å². The fraction of sp³-hybridized carbons (Fsp3) is 0.240. The summed E-state index contributed by atoms with van der Waals surface area (Å²) in [5.41, 5.74) is 1.13. The van der Waals surface area contributed by atoms with Crippen LogP contribution >= 0.6 is 0 Å². The van der Waals surface area contributed by atoms with Gasteiger partial charge in [-0.3, -0.25) is 9.10 Å². The maximum absolute atomic E-state index is 13.4. The lowest BCUT2D eigenvalue weighted by molar-refractivity contribution is -0.120. The van der Waals surface area contributed by atoms with Crippen molar-refractivity contribution in [3.8, 4) is 17.2 Å². The molecule has 0 spiro atoms. The monoisotopic (exact) mass is 484 g/mol. The number of sulfonamides is 1. The number of hydrogen-bond acceptors (Lipinski definition) is 6. The van der Waals surface area contributed by atoms with E-state index in [0.717, 1.165) is 9.87 Å². The van der Waals surface area contributed by atoms with Crippen LogP contribution in [0.15, 0.2) is 77.7 Å². The highest BCUT2D eigenvalue weighted by Gasteiger charge is 2.27. The predicted octanol–water partition coefficient (Wildman–Crippen LogP) is 3.79. The second-order valence-electron chi connectivity index (χ2n) is 7.43. The van der Waals surface area contributed by atoms with Crippen molar-refractivity contribution < 1.29 is 27.4 Å². The molecule has 0 aliphatic rings. The van der Waals surface area contributed by atoms with Gasteiger partial charge in [0.2, 0.25) is 5.91 Å². The van der Waals surface area contributed by atoms with Gasteiger partial charge < -0.3 is 19.5 Å². The first-order chi connectivity index (χ1) is 16.3. The van der Waals surface area contributed by atoms with Crippen LogP contribution in [0.3, 0.4) is 0 Å². The number of benzene rings is 3. The third-order valence-electron chi connectivity index (χ3n) is 5.26. The van der Waals surface area contributed by atoms with Gasteiger partial charge in [0.05, 0.1) is 38.0 Å². The Hall–Kier alpha value is -3.72. The van der Waals surface area contributed by atoms with Crippen molar-refractivity contribution in [1.82, 2.24) is 5.32 Å². The molecule has 180 valence electrons. The molecule has 3 aromatic rings. The van der Waals surface area contributed by atoms with Gasteiger partial charge in [0.25, 0.3) is 10.0 Å². The summed E-state index contributed by atoms with van der Waals surface area (Å²) in [5.74, 6) is 1.22. The average Bonchev–Trinajstić information content (AvgIpc) is 2.87. The summed E-state index contributed by atoms with van der Waals surface area (Å²) in [6.07, 6.45) is 0. The Bertz CT molecular complexity index is 1210. The summed E-state index contributed by atoms with van der Waals surface area (Å²) in [5, 5.41) is 2.87. The number of amides is 1. The minimum Gasteiger partial charge on any atom is -0.497 e. The van der Waals surface area contributed by atoms with Gasteiger partial charge in [0, 0.05) is 0 Å². The fourth-order valence-electron chi connectivity index (χ4n) is 3.41. The first-order valence-corrected chi connectivity index (χ1v) is 12.0. The van der Waals surface area contributed by atoms with Gasteiger partial charge >= 0.3 is 0 Å². The number of nitrogens with zero attached hydrogens (tertiary/aromatic N) is 1. The summed E-state index contributed by atoms with van der Waals surface area (Å²) in [7, 11) is 0.610. The number of ether oxygens (including phenoxy) is 3. The van der Waals surface area contributed by atoms with Crippen molar-refractivity contribution in [1.29, 1.82) is 0 Å². The summed E-state index contributed by atoms with van der Waals surface area (Å²) in [6, 6.07) is 19.4. The van der Waals surface area contributed by atoms with Crippen molar-refractivity contribution >= 4 is 21.6 Å². The summed E-state index contributed by atoms with van der Waals surface area (Å²) in [6.45, 7) is 1.41. The molecular weight excluding hydrogens is 456 g/mol. The minimum absolute atomic E-state index is 0.0894. The second kappa shape index (κ2) is 10.9. The molecule has 0 heterocycles. The third kappa shape index (κ3) is 5.60. The molecule has 0 bridgehead atoms. The Balaban J connectivity index is 1.86. The quantitative estimate of drug-likeness (QED) is 0.471. The van der Waals surface area contributed by atoms with Crippen LogP contribution in [0.1, 0.15) is 18.5 Å². The summed E-state index contributed by atoms with van der Waals surface area (Å²) in [4.78, 5) is 13.1. The van der Waals surface area contributed by atoms with Crippen molar-refractivity contribution in [2.45, 2.75) is 17.9 Å². The minimum atomic E-state index is -3.99. The number of hydrogen-bond donors (Lipinski definition) is 1. The first kappa shape index (κ1) is 24.9. The molecule has 1 atom stereocenters. The molecule has 0 saturated carbocycles. The lowest BCUT2D eigenvalue weighted by atomic mass is 10.1. The molecule has 0 aromatic heterocycles. The lowest BCUT2D eigenvalue weighted by Crippen LogP contribution is -2.41. The first-order valence-electron chi connectivity index (χ1n) is 10.5. The zero-order chi connectivity index (χ0) is 24.7. The molecular formula is C25H28N2O6S. The molecule has 0 radical (unpaired) electrons. The lowest BCUT2D eigenvalue weighted by Gasteiger charge is -2.25. The standard InChI is InChI=1S/C25H28N2O6S/c1-18(19-10-15-23(32-3)24(16-19)33-4)26-25(28)17-27(20-11-13-21(31-2)14-12-20)34(29,30)22-8-6-5-7-9-22/h5-16,18H,17H2,1-4H3,(H,26,28)/t18-/m0/s1. The maximum Gasteiger partial charge on any atom is 0.264 e. The average molecular weight is 485 g/mol. The highest BCUT2D eigenvalue weighted by Crippen LogP contribution is 2.30. The fourth-order valence-corrected chi connectivity index (χ4v) is 4.85. The highest BCUT2D eigenvalue weighted by atomic mass is 32.2. The van der Waals surface area contributed by atoms with Crippen molar-refractivity contribution in [3.05, 3.63) is 78.4 Å². The molecule has 0 aliphatic heterocycles. The molecule has 34 heavy (non-hydrogen) atoms. The van der Waals surface area contributed by atoms with E-state index in [4.69, 9.17) is 14.2 Å². The van der Waals surface area contributed by atoms with E-state index in [-0.39, 0.29) is 4.90 Å². The van der Waals surface area contributed by atoms with Crippen LogP contribution in [0.4, 0.5) is 5.69 Å².